The van der Waals surface area contributed by atoms with E-state index in [0.29, 0.717) is 31.9 Å². The molecule has 1 aliphatic heterocycles. The van der Waals surface area contributed by atoms with Crippen LogP contribution < -0.4 is 5.32 Å². The summed E-state index contributed by atoms with van der Waals surface area (Å²) >= 11 is 0. The van der Waals surface area contributed by atoms with Crippen molar-refractivity contribution in [1.29, 1.82) is 0 Å². The lowest BCUT2D eigenvalue weighted by Crippen LogP contribution is -2.50. The molecular formula is C16H18N2O4. The van der Waals surface area contributed by atoms with Crippen molar-refractivity contribution in [2.24, 2.45) is 0 Å². The van der Waals surface area contributed by atoms with Gasteiger partial charge in [0.25, 0.3) is 5.91 Å². The monoisotopic (exact) mass is 302 g/mol. The summed E-state index contributed by atoms with van der Waals surface area (Å²) in [5, 5.41) is 3.58. The summed E-state index contributed by atoms with van der Waals surface area (Å²) in [7, 11) is 0. The molecule has 22 heavy (non-hydrogen) atoms. The number of amides is 2. The average molecular weight is 302 g/mol. The number of nitrogens with zero attached hydrogens (tertiary/aromatic N) is 1. The number of benzene rings is 1. The van der Waals surface area contributed by atoms with E-state index in [9.17, 15) is 9.59 Å². The van der Waals surface area contributed by atoms with E-state index < -0.39 is 0 Å². The lowest BCUT2D eigenvalue weighted by atomic mass is 10.1. The van der Waals surface area contributed by atoms with Crippen molar-refractivity contribution in [1.82, 2.24) is 10.2 Å². The molecule has 2 heterocycles. The lowest BCUT2D eigenvalue weighted by Gasteiger charge is -2.26. The van der Waals surface area contributed by atoms with Crippen LogP contribution in [-0.4, -0.2) is 43.0 Å². The summed E-state index contributed by atoms with van der Waals surface area (Å²) in [4.78, 5) is 25.7. The first-order valence-corrected chi connectivity index (χ1v) is 7.35. The van der Waals surface area contributed by atoms with Gasteiger partial charge in [-0.25, -0.2) is 0 Å². The molecule has 1 saturated heterocycles. The van der Waals surface area contributed by atoms with Crippen molar-refractivity contribution in [2.45, 2.75) is 13.5 Å². The zero-order valence-corrected chi connectivity index (χ0v) is 12.4. The van der Waals surface area contributed by atoms with Gasteiger partial charge in [-0.1, -0.05) is 18.2 Å². The number of para-hydroxylation sites is 1. The largest absolute Gasteiger partial charge is 0.451 e. The van der Waals surface area contributed by atoms with Gasteiger partial charge in [0.05, 0.1) is 6.61 Å². The molecule has 6 heteroatoms. The summed E-state index contributed by atoms with van der Waals surface area (Å²) < 4.78 is 11.2. The SMILES string of the molecule is CCOCc1c(C(=O)N2CCNC(=O)C2)oc2ccccc12. The van der Waals surface area contributed by atoms with Crippen molar-refractivity contribution in [3.05, 3.63) is 35.6 Å². The maximum Gasteiger partial charge on any atom is 0.290 e. The minimum Gasteiger partial charge on any atom is -0.451 e. The molecular weight excluding hydrogens is 284 g/mol. The first kappa shape index (κ1) is 14.6. The standard InChI is InChI=1S/C16H18N2O4/c1-2-21-10-12-11-5-3-4-6-13(11)22-15(12)16(20)18-8-7-17-14(19)9-18/h3-6H,2,7-10H2,1H3,(H,17,19). The number of fused-ring (bicyclic) bond motifs is 1. The number of piperazine rings is 1. The van der Waals surface area contributed by atoms with E-state index in [0.717, 1.165) is 10.9 Å². The van der Waals surface area contributed by atoms with Gasteiger partial charge >= 0.3 is 0 Å². The third-order valence-electron chi connectivity index (χ3n) is 3.67. The summed E-state index contributed by atoms with van der Waals surface area (Å²) in [6.45, 7) is 3.78. The van der Waals surface area contributed by atoms with Crippen molar-refractivity contribution < 1.29 is 18.7 Å². The molecule has 3 rings (SSSR count). The zero-order valence-electron chi connectivity index (χ0n) is 12.4. The van der Waals surface area contributed by atoms with E-state index in [1.165, 1.54) is 4.90 Å². The van der Waals surface area contributed by atoms with Crippen LogP contribution in [0.3, 0.4) is 0 Å². The molecule has 0 spiro atoms. The van der Waals surface area contributed by atoms with Gasteiger partial charge in [-0.2, -0.15) is 0 Å². The second-order valence-electron chi connectivity index (χ2n) is 5.12. The van der Waals surface area contributed by atoms with Crippen LogP contribution in [0.4, 0.5) is 0 Å². The predicted octanol–water partition coefficient (Wildman–Crippen LogP) is 1.54. The van der Waals surface area contributed by atoms with Crippen LogP contribution in [0.25, 0.3) is 11.0 Å². The van der Waals surface area contributed by atoms with Gasteiger partial charge in [-0.3, -0.25) is 9.59 Å². The fourth-order valence-corrected chi connectivity index (χ4v) is 2.57. The highest BCUT2D eigenvalue weighted by molar-refractivity contribution is 6.00. The Bertz CT molecular complexity index is 707. The van der Waals surface area contributed by atoms with E-state index in [-0.39, 0.29) is 24.1 Å². The molecule has 1 fully saturated rings. The predicted molar refractivity (Wildman–Crippen MR) is 80.5 cm³/mol. The smallest absolute Gasteiger partial charge is 0.290 e. The van der Waals surface area contributed by atoms with Gasteiger partial charge in [0.2, 0.25) is 5.91 Å². The Balaban J connectivity index is 1.97. The molecule has 1 N–H and O–H groups in total. The third kappa shape index (κ3) is 2.69. The van der Waals surface area contributed by atoms with Crippen LogP contribution >= 0.6 is 0 Å². The summed E-state index contributed by atoms with van der Waals surface area (Å²) in [5.41, 5.74) is 1.40. The van der Waals surface area contributed by atoms with E-state index >= 15 is 0 Å². The lowest BCUT2D eigenvalue weighted by molar-refractivity contribution is -0.123. The Kier molecular flexibility index (Phi) is 4.11. The average Bonchev–Trinajstić information content (AvgIpc) is 2.90. The second-order valence-corrected chi connectivity index (χ2v) is 5.12. The Morgan fingerprint density at radius 1 is 1.41 bits per heavy atom. The maximum absolute atomic E-state index is 12.7. The van der Waals surface area contributed by atoms with Gasteiger partial charge in [0.1, 0.15) is 12.1 Å². The first-order valence-electron chi connectivity index (χ1n) is 7.35. The highest BCUT2D eigenvalue weighted by Crippen LogP contribution is 2.27. The third-order valence-corrected chi connectivity index (χ3v) is 3.67. The summed E-state index contributed by atoms with van der Waals surface area (Å²) in [6, 6.07) is 7.49. The van der Waals surface area contributed by atoms with E-state index in [4.69, 9.17) is 9.15 Å². The van der Waals surface area contributed by atoms with Crippen molar-refractivity contribution in [3.63, 3.8) is 0 Å². The Morgan fingerprint density at radius 3 is 3.00 bits per heavy atom. The quantitative estimate of drug-likeness (QED) is 0.930. The molecule has 6 nitrogen and oxygen atoms in total. The Hall–Kier alpha value is -2.34. The number of furan rings is 1. The molecule has 2 aromatic rings. The molecule has 1 aromatic heterocycles. The number of carbonyl (C=O) groups excluding carboxylic acids is 2. The first-order chi connectivity index (χ1) is 10.7. The fourth-order valence-electron chi connectivity index (χ4n) is 2.57. The number of hydrogen-bond acceptors (Lipinski definition) is 4. The topological polar surface area (TPSA) is 71.8 Å². The number of hydrogen-bond donors (Lipinski definition) is 1. The molecule has 0 radical (unpaired) electrons. The van der Waals surface area contributed by atoms with Crippen LogP contribution in [0.5, 0.6) is 0 Å². The van der Waals surface area contributed by atoms with Crippen molar-refractivity contribution in [2.75, 3.05) is 26.2 Å². The fraction of sp³-hybridized carbons (Fsp3) is 0.375. The zero-order chi connectivity index (χ0) is 15.5. The summed E-state index contributed by atoms with van der Waals surface area (Å²) in [6.07, 6.45) is 0. The van der Waals surface area contributed by atoms with Gasteiger partial charge in [-0.05, 0) is 13.0 Å². The van der Waals surface area contributed by atoms with E-state index in [1.807, 2.05) is 31.2 Å². The molecule has 2 amide bonds. The molecule has 0 unspecified atom stereocenters. The number of ether oxygens (including phenoxy) is 1. The van der Waals surface area contributed by atoms with Crippen LogP contribution in [0.2, 0.25) is 0 Å². The Morgan fingerprint density at radius 2 is 2.23 bits per heavy atom. The molecule has 0 saturated carbocycles. The highest BCUT2D eigenvalue weighted by Gasteiger charge is 2.28. The highest BCUT2D eigenvalue weighted by atomic mass is 16.5. The van der Waals surface area contributed by atoms with E-state index in [2.05, 4.69) is 5.32 Å². The number of rotatable bonds is 4. The molecule has 0 aliphatic carbocycles. The number of nitrogens with one attached hydrogen (secondary N) is 1. The number of carbonyl (C=O) groups is 2. The second kappa shape index (κ2) is 6.19. The minimum absolute atomic E-state index is 0.0595. The normalized spacial score (nSPS) is 15.1. The minimum atomic E-state index is -0.263. The van der Waals surface area contributed by atoms with Gasteiger partial charge < -0.3 is 19.4 Å². The van der Waals surface area contributed by atoms with Crippen LogP contribution in [0.15, 0.2) is 28.7 Å². The van der Waals surface area contributed by atoms with Gasteiger partial charge in [-0.15, -0.1) is 0 Å². The molecule has 0 atom stereocenters. The Labute approximate surface area is 128 Å². The van der Waals surface area contributed by atoms with E-state index in [1.54, 1.807) is 0 Å². The van der Waals surface area contributed by atoms with Crippen molar-refractivity contribution >= 4 is 22.8 Å². The van der Waals surface area contributed by atoms with Crippen molar-refractivity contribution in [3.8, 4) is 0 Å². The van der Waals surface area contributed by atoms with Gasteiger partial charge in [0.15, 0.2) is 5.76 Å². The maximum atomic E-state index is 12.7. The van der Waals surface area contributed by atoms with Crippen LogP contribution in [0.1, 0.15) is 23.0 Å². The molecule has 1 aromatic carbocycles. The van der Waals surface area contributed by atoms with Crippen LogP contribution in [-0.2, 0) is 16.1 Å². The summed E-state index contributed by atoms with van der Waals surface area (Å²) in [5.74, 6) is -0.146. The molecule has 0 bridgehead atoms. The molecule has 116 valence electrons. The molecule has 1 aliphatic rings. The van der Waals surface area contributed by atoms with Gasteiger partial charge in [0, 0.05) is 30.6 Å². The van der Waals surface area contributed by atoms with Crippen LogP contribution in [0, 0.1) is 0 Å².